The second kappa shape index (κ2) is 4.30. The van der Waals surface area contributed by atoms with Gasteiger partial charge in [-0.05, 0) is 38.0 Å². The van der Waals surface area contributed by atoms with Crippen molar-refractivity contribution < 1.29 is 14.4 Å². The van der Waals surface area contributed by atoms with Gasteiger partial charge in [-0.3, -0.25) is 19.7 Å². The van der Waals surface area contributed by atoms with Gasteiger partial charge in [0.2, 0.25) is 17.7 Å². The second-order valence-electron chi connectivity index (χ2n) is 5.99. The molecule has 1 heterocycles. The number of hydrogen-bond acceptors (Lipinski definition) is 4. The van der Waals surface area contributed by atoms with E-state index < -0.39 is 17.9 Å². The third-order valence-electron chi connectivity index (χ3n) is 4.97. The molecule has 3 rings (SSSR count). The van der Waals surface area contributed by atoms with E-state index in [0.29, 0.717) is 11.8 Å². The van der Waals surface area contributed by atoms with Crippen molar-refractivity contribution in [2.75, 3.05) is 6.54 Å². The van der Waals surface area contributed by atoms with Crippen molar-refractivity contribution >= 4 is 17.7 Å². The van der Waals surface area contributed by atoms with Gasteiger partial charge in [0.1, 0.15) is 12.6 Å². The van der Waals surface area contributed by atoms with Gasteiger partial charge in [-0.2, -0.15) is 0 Å². The zero-order valence-corrected chi connectivity index (χ0v) is 11.0. The maximum absolute atomic E-state index is 12.6. The monoisotopic (exact) mass is 265 g/mol. The first-order valence-corrected chi connectivity index (χ1v) is 6.88. The fourth-order valence-corrected chi connectivity index (χ4v) is 3.88. The maximum Gasteiger partial charge on any atom is 0.249 e. The summed E-state index contributed by atoms with van der Waals surface area (Å²) in [7, 11) is 0. The van der Waals surface area contributed by atoms with Crippen molar-refractivity contribution in [2.24, 2.45) is 23.5 Å². The number of piperazine rings is 1. The number of nitrogens with zero attached hydrogens (tertiary/aromatic N) is 1. The molecule has 1 saturated heterocycles. The summed E-state index contributed by atoms with van der Waals surface area (Å²) in [6.07, 6.45) is 3.15. The summed E-state index contributed by atoms with van der Waals surface area (Å²) in [6.45, 7) is 1.62. The highest BCUT2D eigenvalue weighted by Crippen LogP contribution is 2.48. The molecule has 3 amide bonds. The molecule has 104 valence electrons. The van der Waals surface area contributed by atoms with Crippen LogP contribution in [0.2, 0.25) is 0 Å². The van der Waals surface area contributed by atoms with Crippen molar-refractivity contribution in [3.05, 3.63) is 0 Å². The molecule has 0 aromatic heterocycles. The van der Waals surface area contributed by atoms with Crippen molar-refractivity contribution in [3.63, 3.8) is 0 Å². The summed E-state index contributed by atoms with van der Waals surface area (Å²) in [5, 5.41) is 2.25. The molecule has 5 atom stereocenters. The van der Waals surface area contributed by atoms with Gasteiger partial charge in [0.15, 0.2) is 0 Å². The summed E-state index contributed by atoms with van der Waals surface area (Å²) >= 11 is 0. The van der Waals surface area contributed by atoms with E-state index in [9.17, 15) is 14.4 Å². The average molecular weight is 265 g/mol. The quantitative estimate of drug-likeness (QED) is 0.609. The first kappa shape index (κ1) is 12.6. The predicted octanol–water partition coefficient (Wildman–Crippen LogP) is -0.767. The van der Waals surface area contributed by atoms with Crippen LogP contribution in [0.4, 0.5) is 0 Å². The molecule has 3 fully saturated rings. The van der Waals surface area contributed by atoms with Crippen molar-refractivity contribution in [2.45, 2.75) is 38.3 Å². The van der Waals surface area contributed by atoms with E-state index in [1.54, 1.807) is 6.92 Å². The SMILES string of the molecule is CC1C(=O)NC(=O)CN1C(=O)C1C2CCC(C2)C1N. The molecule has 2 aliphatic carbocycles. The van der Waals surface area contributed by atoms with Crippen LogP contribution >= 0.6 is 0 Å². The molecule has 5 unspecified atom stereocenters. The number of hydrogen-bond donors (Lipinski definition) is 2. The predicted molar refractivity (Wildman–Crippen MR) is 66.6 cm³/mol. The molecule has 6 heteroatoms. The van der Waals surface area contributed by atoms with E-state index in [-0.39, 0.29) is 24.4 Å². The first-order chi connectivity index (χ1) is 8.99. The molecule has 0 aromatic carbocycles. The summed E-state index contributed by atoms with van der Waals surface area (Å²) in [5.74, 6) is -0.367. The minimum Gasteiger partial charge on any atom is -0.327 e. The Balaban J connectivity index is 1.80. The number of imide groups is 1. The van der Waals surface area contributed by atoms with Crippen LogP contribution < -0.4 is 11.1 Å². The molecule has 2 saturated carbocycles. The lowest BCUT2D eigenvalue weighted by atomic mass is 9.83. The fraction of sp³-hybridized carbons (Fsp3) is 0.769. The molecular formula is C13H19N3O3. The van der Waals surface area contributed by atoms with Gasteiger partial charge in [0, 0.05) is 6.04 Å². The topological polar surface area (TPSA) is 92.5 Å². The van der Waals surface area contributed by atoms with Crippen LogP contribution in [-0.2, 0) is 14.4 Å². The Kier molecular flexibility index (Phi) is 2.85. The van der Waals surface area contributed by atoms with Crippen molar-refractivity contribution in [3.8, 4) is 0 Å². The Bertz CT molecular complexity index is 448. The van der Waals surface area contributed by atoms with Gasteiger partial charge in [-0.25, -0.2) is 0 Å². The van der Waals surface area contributed by atoms with Gasteiger partial charge in [-0.1, -0.05) is 0 Å². The number of rotatable bonds is 1. The van der Waals surface area contributed by atoms with Crippen LogP contribution in [0.1, 0.15) is 26.2 Å². The van der Waals surface area contributed by atoms with E-state index in [1.165, 1.54) is 4.90 Å². The van der Waals surface area contributed by atoms with Crippen LogP contribution in [0.5, 0.6) is 0 Å². The van der Waals surface area contributed by atoms with Crippen LogP contribution in [-0.4, -0.2) is 41.2 Å². The average Bonchev–Trinajstić information content (AvgIpc) is 2.93. The van der Waals surface area contributed by atoms with E-state index in [0.717, 1.165) is 19.3 Å². The molecule has 0 aromatic rings. The van der Waals surface area contributed by atoms with Crippen LogP contribution in [0.3, 0.4) is 0 Å². The van der Waals surface area contributed by atoms with Crippen LogP contribution in [0.15, 0.2) is 0 Å². The maximum atomic E-state index is 12.6. The number of amides is 3. The van der Waals surface area contributed by atoms with E-state index >= 15 is 0 Å². The number of nitrogens with one attached hydrogen (secondary N) is 1. The molecule has 3 aliphatic rings. The Morgan fingerprint density at radius 3 is 2.63 bits per heavy atom. The molecule has 19 heavy (non-hydrogen) atoms. The molecule has 0 radical (unpaired) electrons. The number of fused-ring (bicyclic) bond motifs is 2. The smallest absolute Gasteiger partial charge is 0.249 e. The van der Waals surface area contributed by atoms with Gasteiger partial charge < -0.3 is 10.6 Å². The van der Waals surface area contributed by atoms with Crippen molar-refractivity contribution in [1.82, 2.24) is 10.2 Å². The molecular weight excluding hydrogens is 246 g/mol. The Hall–Kier alpha value is -1.43. The molecule has 3 N–H and O–H groups in total. The van der Waals surface area contributed by atoms with E-state index in [4.69, 9.17) is 5.73 Å². The highest BCUT2D eigenvalue weighted by atomic mass is 16.2. The fourth-order valence-electron chi connectivity index (χ4n) is 3.88. The highest BCUT2D eigenvalue weighted by molar-refractivity contribution is 6.04. The van der Waals surface area contributed by atoms with E-state index in [2.05, 4.69) is 5.32 Å². The number of carbonyl (C=O) groups is 3. The number of carbonyl (C=O) groups excluding carboxylic acids is 3. The highest BCUT2D eigenvalue weighted by Gasteiger charge is 2.51. The summed E-state index contributed by atoms with van der Waals surface area (Å²) < 4.78 is 0. The van der Waals surface area contributed by atoms with E-state index in [1.807, 2.05) is 0 Å². The van der Waals surface area contributed by atoms with Crippen molar-refractivity contribution in [1.29, 1.82) is 0 Å². The molecule has 2 bridgehead atoms. The van der Waals surface area contributed by atoms with Gasteiger partial charge >= 0.3 is 0 Å². The molecule has 0 spiro atoms. The third kappa shape index (κ3) is 1.85. The zero-order valence-electron chi connectivity index (χ0n) is 11.0. The Morgan fingerprint density at radius 2 is 2.00 bits per heavy atom. The van der Waals surface area contributed by atoms with Gasteiger partial charge in [0.25, 0.3) is 0 Å². The van der Waals surface area contributed by atoms with Gasteiger partial charge in [0.05, 0.1) is 5.92 Å². The summed E-state index contributed by atoms with van der Waals surface area (Å²) in [5.41, 5.74) is 6.15. The van der Waals surface area contributed by atoms with Gasteiger partial charge in [-0.15, -0.1) is 0 Å². The summed E-state index contributed by atoms with van der Waals surface area (Å²) in [6, 6.07) is -0.699. The molecule has 1 aliphatic heterocycles. The minimum absolute atomic E-state index is 0.0354. The lowest BCUT2D eigenvalue weighted by Crippen LogP contribution is -2.61. The normalized spacial score (nSPS) is 41.6. The number of nitrogens with two attached hydrogens (primary N) is 1. The Morgan fingerprint density at radius 1 is 1.32 bits per heavy atom. The molecule has 6 nitrogen and oxygen atoms in total. The summed E-state index contributed by atoms with van der Waals surface area (Å²) in [4.78, 5) is 37.1. The lowest BCUT2D eigenvalue weighted by molar-refractivity contribution is -0.152. The standard InChI is InChI=1S/C13H19N3O3/c1-6-12(18)15-9(17)5-16(6)13(19)10-7-2-3-8(4-7)11(10)14/h6-8,10-11H,2-5,14H2,1H3,(H,15,17,18). The second-order valence-corrected chi connectivity index (χ2v) is 5.99. The Labute approximate surface area is 111 Å². The largest absolute Gasteiger partial charge is 0.327 e. The van der Waals surface area contributed by atoms with Crippen LogP contribution in [0, 0.1) is 17.8 Å². The lowest BCUT2D eigenvalue weighted by Gasteiger charge is -2.37. The first-order valence-electron chi connectivity index (χ1n) is 6.88. The third-order valence-corrected chi connectivity index (χ3v) is 4.97. The van der Waals surface area contributed by atoms with Crippen LogP contribution in [0.25, 0.3) is 0 Å². The minimum atomic E-state index is -0.587. The zero-order chi connectivity index (χ0) is 13.7.